The van der Waals surface area contributed by atoms with Crippen molar-refractivity contribution >= 4 is 5.91 Å². The van der Waals surface area contributed by atoms with Crippen molar-refractivity contribution in [1.82, 2.24) is 14.5 Å². The second-order valence-electron chi connectivity index (χ2n) is 6.11. The summed E-state index contributed by atoms with van der Waals surface area (Å²) >= 11 is 0. The van der Waals surface area contributed by atoms with Gasteiger partial charge in [0.05, 0.1) is 18.1 Å². The Hall–Kier alpha value is -2.14. The van der Waals surface area contributed by atoms with Crippen molar-refractivity contribution < 1.29 is 4.79 Å². The van der Waals surface area contributed by atoms with Gasteiger partial charge in [-0.3, -0.25) is 4.79 Å². The van der Waals surface area contributed by atoms with E-state index in [0.29, 0.717) is 13.0 Å². The molecular formula is C19H28N4O. The Kier molecular flexibility index (Phi) is 7.00. The molecule has 0 radical (unpaired) electrons. The van der Waals surface area contributed by atoms with Crippen LogP contribution >= 0.6 is 0 Å². The zero-order chi connectivity index (χ0) is 17.4. The summed E-state index contributed by atoms with van der Waals surface area (Å²) in [7, 11) is 0. The number of aromatic nitrogens is 2. The van der Waals surface area contributed by atoms with Gasteiger partial charge in [-0.2, -0.15) is 0 Å². The SMILES string of the molecule is CCCCN(CC)C(=O)[C@@H](N)Cc1cn(Cc2ccccc2)cn1. The minimum atomic E-state index is -0.526. The number of amides is 1. The van der Waals surface area contributed by atoms with E-state index >= 15 is 0 Å². The van der Waals surface area contributed by atoms with E-state index in [0.717, 1.165) is 31.6 Å². The van der Waals surface area contributed by atoms with Crippen molar-refractivity contribution in [2.24, 2.45) is 5.73 Å². The molecule has 2 aromatic rings. The van der Waals surface area contributed by atoms with Crippen LogP contribution in [0.1, 0.15) is 37.9 Å². The zero-order valence-corrected chi connectivity index (χ0v) is 14.7. The molecule has 0 aliphatic rings. The van der Waals surface area contributed by atoms with Crippen LogP contribution in [0.5, 0.6) is 0 Å². The van der Waals surface area contributed by atoms with Crippen molar-refractivity contribution in [3.8, 4) is 0 Å². The molecule has 1 atom stereocenters. The topological polar surface area (TPSA) is 64.2 Å². The third kappa shape index (κ3) is 5.20. The predicted molar refractivity (Wildman–Crippen MR) is 96.6 cm³/mol. The molecule has 0 saturated heterocycles. The normalized spacial score (nSPS) is 12.1. The van der Waals surface area contributed by atoms with E-state index in [9.17, 15) is 4.79 Å². The van der Waals surface area contributed by atoms with E-state index < -0.39 is 6.04 Å². The molecule has 130 valence electrons. The molecule has 0 fully saturated rings. The van der Waals surface area contributed by atoms with E-state index in [-0.39, 0.29) is 5.91 Å². The van der Waals surface area contributed by atoms with Crippen molar-refractivity contribution in [2.75, 3.05) is 13.1 Å². The number of carbonyl (C=O) groups is 1. The standard InChI is InChI=1S/C19H28N4O/c1-3-5-11-23(4-2)19(24)18(20)12-17-14-22(15-21-17)13-16-9-7-6-8-10-16/h6-10,14-15,18H,3-5,11-13,20H2,1-2H3/t18-/m0/s1. The first-order chi connectivity index (χ1) is 11.6. The Morgan fingerprint density at radius 1 is 1.29 bits per heavy atom. The highest BCUT2D eigenvalue weighted by molar-refractivity contribution is 5.81. The number of benzene rings is 1. The second-order valence-corrected chi connectivity index (χ2v) is 6.11. The fourth-order valence-corrected chi connectivity index (χ4v) is 2.71. The molecule has 2 rings (SSSR count). The van der Waals surface area contributed by atoms with Crippen LogP contribution in [-0.2, 0) is 17.8 Å². The number of likely N-dealkylation sites (N-methyl/N-ethyl adjacent to an activating group) is 1. The third-order valence-corrected chi connectivity index (χ3v) is 4.12. The van der Waals surface area contributed by atoms with Crippen molar-refractivity contribution in [1.29, 1.82) is 0 Å². The lowest BCUT2D eigenvalue weighted by molar-refractivity contribution is -0.132. The summed E-state index contributed by atoms with van der Waals surface area (Å²) in [4.78, 5) is 18.7. The molecule has 0 spiro atoms. The molecule has 1 aromatic carbocycles. The number of carbonyl (C=O) groups excluding carboxylic acids is 1. The Bertz CT molecular complexity index is 623. The van der Waals surface area contributed by atoms with Gasteiger partial charge in [-0.1, -0.05) is 43.7 Å². The van der Waals surface area contributed by atoms with Gasteiger partial charge in [0.2, 0.25) is 5.91 Å². The molecule has 0 bridgehead atoms. The van der Waals surface area contributed by atoms with Gasteiger partial charge in [-0.15, -0.1) is 0 Å². The Morgan fingerprint density at radius 3 is 2.71 bits per heavy atom. The molecule has 1 heterocycles. The first kappa shape index (κ1) is 18.2. The van der Waals surface area contributed by atoms with Gasteiger partial charge in [0.1, 0.15) is 0 Å². The first-order valence-corrected chi connectivity index (χ1v) is 8.73. The maximum Gasteiger partial charge on any atom is 0.239 e. The first-order valence-electron chi connectivity index (χ1n) is 8.73. The quantitative estimate of drug-likeness (QED) is 0.769. The lowest BCUT2D eigenvalue weighted by atomic mass is 10.1. The number of unbranched alkanes of at least 4 members (excludes halogenated alkanes) is 1. The molecule has 5 heteroatoms. The highest BCUT2D eigenvalue weighted by Gasteiger charge is 2.20. The van der Waals surface area contributed by atoms with Crippen molar-refractivity contribution in [3.63, 3.8) is 0 Å². The van der Waals surface area contributed by atoms with Crippen LogP contribution in [0.25, 0.3) is 0 Å². The Balaban J connectivity index is 1.92. The third-order valence-electron chi connectivity index (χ3n) is 4.12. The minimum Gasteiger partial charge on any atom is -0.342 e. The average molecular weight is 328 g/mol. The van der Waals surface area contributed by atoms with Crippen LogP contribution < -0.4 is 5.73 Å². The van der Waals surface area contributed by atoms with Gasteiger partial charge >= 0.3 is 0 Å². The van der Waals surface area contributed by atoms with Crippen LogP contribution in [0.2, 0.25) is 0 Å². The number of imidazole rings is 1. The summed E-state index contributed by atoms with van der Waals surface area (Å²) in [5.41, 5.74) is 8.20. The second kappa shape index (κ2) is 9.23. The Labute approximate surface area is 144 Å². The number of nitrogens with zero attached hydrogens (tertiary/aromatic N) is 3. The summed E-state index contributed by atoms with van der Waals surface area (Å²) in [5, 5.41) is 0. The summed E-state index contributed by atoms with van der Waals surface area (Å²) in [6, 6.07) is 9.70. The predicted octanol–water partition coefficient (Wildman–Crippen LogP) is 2.45. The van der Waals surface area contributed by atoms with Crippen LogP contribution in [0, 0.1) is 0 Å². The molecule has 0 aliphatic heterocycles. The molecule has 2 N–H and O–H groups in total. The van der Waals surface area contributed by atoms with Crippen LogP contribution in [-0.4, -0.2) is 39.5 Å². The maximum absolute atomic E-state index is 12.4. The molecule has 24 heavy (non-hydrogen) atoms. The van der Waals surface area contributed by atoms with E-state index in [2.05, 4.69) is 24.0 Å². The van der Waals surface area contributed by atoms with Gasteiger partial charge in [-0.05, 0) is 18.9 Å². The summed E-state index contributed by atoms with van der Waals surface area (Å²) in [6.07, 6.45) is 6.33. The summed E-state index contributed by atoms with van der Waals surface area (Å²) in [5.74, 6) is 0.0172. The number of nitrogens with two attached hydrogens (primary N) is 1. The number of hydrogen-bond donors (Lipinski definition) is 1. The summed E-state index contributed by atoms with van der Waals surface area (Å²) < 4.78 is 2.02. The molecule has 1 aromatic heterocycles. The number of hydrogen-bond acceptors (Lipinski definition) is 3. The lowest BCUT2D eigenvalue weighted by Crippen LogP contribution is -2.45. The van der Waals surface area contributed by atoms with Gasteiger partial charge in [0.15, 0.2) is 0 Å². The zero-order valence-electron chi connectivity index (χ0n) is 14.7. The molecular weight excluding hydrogens is 300 g/mol. The van der Waals surface area contributed by atoms with Crippen molar-refractivity contribution in [2.45, 2.75) is 45.7 Å². The number of rotatable bonds is 9. The highest BCUT2D eigenvalue weighted by atomic mass is 16.2. The average Bonchev–Trinajstić information content (AvgIpc) is 3.03. The lowest BCUT2D eigenvalue weighted by Gasteiger charge is -2.23. The van der Waals surface area contributed by atoms with Crippen LogP contribution in [0.3, 0.4) is 0 Å². The molecule has 1 amide bonds. The molecule has 0 unspecified atom stereocenters. The molecule has 0 aliphatic carbocycles. The maximum atomic E-state index is 12.4. The van der Waals surface area contributed by atoms with E-state index in [1.54, 1.807) is 6.33 Å². The molecule has 0 saturated carbocycles. The smallest absolute Gasteiger partial charge is 0.239 e. The van der Waals surface area contributed by atoms with Crippen LogP contribution in [0.15, 0.2) is 42.9 Å². The van der Waals surface area contributed by atoms with Crippen LogP contribution in [0.4, 0.5) is 0 Å². The Morgan fingerprint density at radius 2 is 2.04 bits per heavy atom. The van der Waals surface area contributed by atoms with Gasteiger partial charge in [0.25, 0.3) is 0 Å². The highest BCUT2D eigenvalue weighted by Crippen LogP contribution is 2.07. The largest absolute Gasteiger partial charge is 0.342 e. The van der Waals surface area contributed by atoms with E-state index in [4.69, 9.17) is 5.73 Å². The fourth-order valence-electron chi connectivity index (χ4n) is 2.71. The van der Waals surface area contributed by atoms with Gasteiger partial charge < -0.3 is 15.2 Å². The molecule has 5 nitrogen and oxygen atoms in total. The fraction of sp³-hybridized carbons (Fsp3) is 0.474. The van der Waals surface area contributed by atoms with Crippen molar-refractivity contribution in [3.05, 3.63) is 54.1 Å². The van der Waals surface area contributed by atoms with Gasteiger partial charge in [-0.25, -0.2) is 4.98 Å². The minimum absolute atomic E-state index is 0.0172. The monoisotopic (exact) mass is 328 g/mol. The summed E-state index contributed by atoms with van der Waals surface area (Å²) in [6.45, 7) is 6.37. The van der Waals surface area contributed by atoms with Gasteiger partial charge in [0, 0.05) is 32.3 Å². The van der Waals surface area contributed by atoms with E-state index in [1.807, 2.05) is 40.8 Å². The van der Waals surface area contributed by atoms with E-state index in [1.165, 1.54) is 5.56 Å².